The van der Waals surface area contributed by atoms with Gasteiger partial charge in [0, 0.05) is 50.8 Å². The van der Waals surface area contributed by atoms with Crippen molar-refractivity contribution in [2.45, 2.75) is 37.5 Å². The molecule has 0 unspecified atom stereocenters. The van der Waals surface area contributed by atoms with Crippen LogP contribution in [0.2, 0.25) is 5.02 Å². The summed E-state index contributed by atoms with van der Waals surface area (Å²) in [6.07, 6.45) is -2.30. The van der Waals surface area contributed by atoms with Gasteiger partial charge in [-0.05, 0) is 42.2 Å². The lowest BCUT2D eigenvalue weighted by Crippen LogP contribution is -2.47. The molecule has 10 heteroatoms. The zero-order valence-electron chi connectivity index (χ0n) is 19.9. The molecule has 0 amide bonds. The van der Waals surface area contributed by atoms with Crippen LogP contribution in [0.3, 0.4) is 0 Å². The van der Waals surface area contributed by atoms with Gasteiger partial charge in [-0.2, -0.15) is 18.2 Å². The lowest BCUT2D eigenvalue weighted by atomic mass is 9.95. The van der Waals surface area contributed by atoms with Crippen LogP contribution in [0.25, 0.3) is 0 Å². The highest BCUT2D eigenvalue weighted by Crippen LogP contribution is 2.52. The van der Waals surface area contributed by atoms with Crippen molar-refractivity contribution in [3.8, 4) is 0 Å². The van der Waals surface area contributed by atoms with Crippen LogP contribution < -0.4 is 5.32 Å². The summed E-state index contributed by atoms with van der Waals surface area (Å²) in [7, 11) is 0. The molecule has 5 rings (SSSR count). The Bertz CT molecular complexity index is 1150. The molecule has 36 heavy (non-hydrogen) atoms. The molecule has 0 atom stereocenters. The second-order valence-corrected chi connectivity index (χ2v) is 10.0. The van der Waals surface area contributed by atoms with Gasteiger partial charge in [0.2, 0.25) is 5.89 Å². The maximum Gasteiger partial charge on any atom is 0.416 e. The van der Waals surface area contributed by atoms with Crippen LogP contribution in [0.5, 0.6) is 0 Å². The van der Waals surface area contributed by atoms with E-state index in [4.69, 9.17) is 16.1 Å². The molecular formula is C26H29ClF3N5O. The highest BCUT2D eigenvalue weighted by Gasteiger charge is 2.50. The summed E-state index contributed by atoms with van der Waals surface area (Å²) in [5.41, 5.74) is 1.12. The highest BCUT2D eigenvalue weighted by atomic mass is 35.5. The summed E-state index contributed by atoms with van der Waals surface area (Å²) >= 11 is 6.02. The molecule has 3 aromatic rings. The van der Waals surface area contributed by atoms with E-state index in [1.807, 2.05) is 24.3 Å². The van der Waals surface area contributed by atoms with E-state index in [9.17, 15) is 13.2 Å². The SMILES string of the molecule is FC(F)(F)c1cccc(CN2CCN(CCNCc3nc(C4(c5ccc(Cl)cc5)CC4)no3)CC2)c1. The molecule has 1 saturated heterocycles. The fraction of sp³-hybridized carbons (Fsp3) is 0.462. The number of nitrogens with one attached hydrogen (secondary N) is 1. The molecule has 2 aliphatic rings. The first-order valence-corrected chi connectivity index (χ1v) is 12.6. The van der Waals surface area contributed by atoms with Crippen LogP contribution in [0.1, 0.15) is 41.2 Å². The molecule has 1 N–H and O–H groups in total. The van der Waals surface area contributed by atoms with Crippen LogP contribution in [-0.4, -0.2) is 59.2 Å². The highest BCUT2D eigenvalue weighted by molar-refractivity contribution is 6.30. The molecule has 2 aromatic carbocycles. The Kier molecular flexibility index (Phi) is 7.35. The smallest absolute Gasteiger partial charge is 0.338 e. The number of hydrogen-bond acceptors (Lipinski definition) is 6. The van der Waals surface area contributed by atoms with Crippen LogP contribution in [0.4, 0.5) is 13.2 Å². The van der Waals surface area contributed by atoms with E-state index in [0.29, 0.717) is 29.6 Å². The van der Waals surface area contributed by atoms with E-state index in [1.165, 1.54) is 17.7 Å². The number of alkyl halides is 3. The standard InChI is InChI=1S/C26H29ClF3N5O/c27-22-6-4-20(5-7-22)25(8-9-25)24-32-23(36-33-24)17-31-10-11-34-12-14-35(15-13-34)18-19-2-1-3-21(16-19)26(28,29)30/h1-7,16,31H,8-15,17-18H2. The first-order chi connectivity index (χ1) is 17.3. The van der Waals surface area contributed by atoms with Gasteiger partial charge in [-0.3, -0.25) is 9.80 Å². The molecule has 0 radical (unpaired) electrons. The van der Waals surface area contributed by atoms with E-state index in [1.54, 1.807) is 6.07 Å². The summed E-state index contributed by atoms with van der Waals surface area (Å²) in [5, 5.41) is 8.33. The van der Waals surface area contributed by atoms with Crippen molar-refractivity contribution in [1.82, 2.24) is 25.3 Å². The Morgan fingerprint density at radius 3 is 2.42 bits per heavy atom. The molecule has 2 heterocycles. The molecule has 6 nitrogen and oxygen atoms in total. The van der Waals surface area contributed by atoms with Gasteiger partial charge >= 0.3 is 6.18 Å². The lowest BCUT2D eigenvalue weighted by molar-refractivity contribution is -0.137. The summed E-state index contributed by atoms with van der Waals surface area (Å²) in [5.74, 6) is 1.31. The monoisotopic (exact) mass is 519 g/mol. The van der Waals surface area contributed by atoms with Gasteiger partial charge in [-0.25, -0.2) is 0 Å². The summed E-state index contributed by atoms with van der Waals surface area (Å²) in [6.45, 7) is 6.14. The van der Waals surface area contributed by atoms with E-state index in [2.05, 4.69) is 25.3 Å². The molecule has 0 bridgehead atoms. The second-order valence-electron chi connectivity index (χ2n) is 9.59. The first kappa shape index (κ1) is 25.2. The average molecular weight is 520 g/mol. The zero-order chi connectivity index (χ0) is 25.2. The van der Waals surface area contributed by atoms with Crippen molar-refractivity contribution in [2.75, 3.05) is 39.3 Å². The summed E-state index contributed by atoms with van der Waals surface area (Å²) in [4.78, 5) is 9.19. The summed E-state index contributed by atoms with van der Waals surface area (Å²) < 4.78 is 44.3. The quantitative estimate of drug-likeness (QED) is 0.413. The minimum absolute atomic E-state index is 0.153. The number of hydrogen-bond donors (Lipinski definition) is 1. The van der Waals surface area contributed by atoms with Gasteiger partial charge in [0.25, 0.3) is 0 Å². The Labute approximate surface area is 213 Å². The van der Waals surface area contributed by atoms with Gasteiger partial charge in [0.05, 0.1) is 17.5 Å². The predicted molar refractivity (Wildman–Crippen MR) is 131 cm³/mol. The second kappa shape index (κ2) is 10.5. The molecular weight excluding hydrogens is 491 g/mol. The maximum absolute atomic E-state index is 12.9. The van der Waals surface area contributed by atoms with Gasteiger partial charge in [-0.15, -0.1) is 0 Å². The van der Waals surface area contributed by atoms with Crippen LogP contribution in [0, 0.1) is 0 Å². The largest absolute Gasteiger partial charge is 0.416 e. The Morgan fingerprint density at radius 1 is 1.00 bits per heavy atom. The normalized spacial score (nSPS) is 18.4. The maximum atomic E-state index is 12.9. The predicted octanol–water partition coefficient (Wildman–Crippen LogP) is 4.73. The van der Waals surface area contributed by atoms with Crippen LogP contribution in [0.15, 0.2) is 53.1 Å². The third-order valence-corrected chi connectivity index (χ3v) is 7.30. The number of benzene rings is 2. The van der Waals surface area contributed by atoms with Crippen molar-refractivity contribution < 1.29 is 17.7 Å². The van der Waals surface area contributed by atoms with E-state index in [-0.39, 0.29) is 5.41 Å². The molecule has 1 aliphatic carbocycles. The lowest BCUT2D eigenvalue weighted by Gasteiger charge is -2.34. The van der Waals surface area contributed by atoms with Gasteiger partial charge in [-0.1, -0.05) is 47.1 Å². The van der Waals surface area contributed by atoms with Crippen molar-refractivity contribution in [2.24, 2.45) is 0 Å². The van der Waals surface area contributed by atoms with Crippen LogP contribution in [-0.2, 0) is 24.7 Å². The molecule has 1 aromatic heterocycles. The molecule has 0 spiro atoms. The van der Waals surface area contributed by atoms with Crippen molar-refractivity contribution in [3.63, 3.8) is 0 Å². The van der Waals surface area contributed by atoms with Crippen molar-refractivity contribution in [3.05, 3.63) is 82.0 Å². The topological polar surface area (TPSA) is 57.4 Å². The Hall–Kier alpha value is -2.46. The van der Waals surface area contributed by atoms with Crippen molar-refractivity contribution >= 4 is 11.6 Å². The number of piperazine rings is 1. The Balaban J connectivity index is 1.03. The van der Waals surface area contributed by atoms with E-state index >= 15 is 0 Å². The zero-order valence-corrected chi connectivity index (χ0v) is 20.7. The van der Waals surface area contributed by atoms with Crippen molar-refractivity contribution in [1.29, 1.82) is 0 Å². The Morgan fingerprint density at radius 2 is 1.72 bits per heavy atom. The average Bonchev–Trinajstić information content (AvgIpc) is 3.53. The molecule has 1 saturated carbocycles. The minimum atomic E-state index is -4.31. The van der Waals surface area contributed by atoms with E-state index in [0.717, 1.165) is 64.0 Å². The third-order valence-electron chi connectivity index (χ3n) is 7.05. The van der Waals surface area contributed by atoms with Gasteiger partial charge < -0.3 is 9.84 Å². The van der Waals surface area contributed by atoms with Crippen LogP contribution >= 0.6 is 11.6 Å². The third kappa shape index (κ3) is 5.91. The van der Waals surface area contributed by atoms with Gasteiger partial charge in [0.15, 0.2) is 5.82 Å². The fourth-order valence-electron chi connectivity index (χ4n) is 4.76. The first-order valence-electron chi connectivity index (χ1n) is 12.2. The van der Waals surface area contributed by atoms with Gasteiger partial charge in [0.1, 0.15) is 0 Å². The molecule has 192 valence electrons. The number of nitrogens with zero attached hydrogens (tertiary/aromatic N) is 4. The van der Waals surface area contributed by atoms with E-state index < -0.39 is 11.7 Å². The molecule has 2 fully saturated rings. The summed E-state index contributed by atoms with van der Waals surface area (Å²) in [6, 6.07) is 13.5. The molecule has 1 aliphatic heterocycles. The fourth-order valence-corrected chi connectivity index (χ4v) is 4.89. The number of rotatable bonds is 9. The number of aromatic nitrogens is 2. The minimum Gasteiger partial charge on any atom is -0.338 e. The number of halogens is 4.